The molecule has 0 aliphatic carbocycles. The van der Waals surface area contributed by atoms with Gasteiger partial charge in [0, 0.05) is 23.3 Å². The van der Waals surface area contributed by atoms with Crippen LogP contribution in [0.3, 0.4) is 0 Å². The normalized spacial score (nSPS) is 10.8. The van der Waals surface area contributed by atoms with Gasteiger partial charge in [0.1, 0.15) is 5.69 Å². The second kappa shape index (κ2) is 9.10. The number of amides is 1. The third kappa shape index (κ3) is 4.49. The van der Waals surface area contributed by atoms with E-state index in [1.165, 1.54) is 4.90 Å². The molecule has 31 heavy (non-hydrogen) atoms. The summed E-state index contributed by atoms with van der Waals surface area (Å²) < 4.78 is 3.30. The number of nitrogens with zero attached hydrogens (tertiary/aromatic N) is 2. The summed E-state index contributed by atoms with van der Waals surface area (Å²) in [6, 6.07) is 27.1. The average Bonchev–Trinajstić information content (AvgIpc) is 3.02. The van der Waals surface area contributed by atoms with Crippen LogP contribution >= 0.6 is 11.8 Å². The number of hydrogen-bond acceptors (Lipinski definition) is 3. The first-order valence-corrected chi connectivity index (χ1v) is 11.0. The number of anilines is 1. The van der Waals surface area contributed by atoms with Gasteiger partial charge in [-0.15, -0.1) is 11.8 Å². The zero-order valence-corrected chi connectivity index (χ0v) is 18.2. The van der Waals surface area contributed by atoms with Gasteiger partial charge in [-0.25, -0.2) is 4.68 Å². The maximum atomic E-state index is 13.0. The van der Waals surface area contributed by atoms with Gasteiger partial charge in [-0.3, -0.25) is 14.3 Å². The van der Waals surface area contributed by atoms with Gasteiger partial charge in [0.25, 0.3) is 11.5 Å². The minimum atomic E-state index is -0.298. The van der Waals surface area contributed by atoms with Gasteiger partial charge in [-0.05, 0) is 48.9 Å². The van der Waals surface area contributed by atoms with E-state index in [-0.39, 0.29) is 11.5 Å². The minimum absolute atomic E-state index is 0.254. The highest BCUT2D eigenvalue weighted by atomic mass is 32.2. The van der Waals surface area contributed by atoms with E-state index in [9.17, 15) is 9.59 Å². The minimum Gasteiger partial charge on any atom is -0.316 e. The quantitative estimate of drug-likeness (QED) is 0.438. The van der Waals surface area contributed by atoms with Crippen molar-refractivity contribution in [3.63, 3.8) is 0 Å². The molecule has 1 aromatic heterocycles. The Kier molecular flexibility index (Phi) is 6.09. The van der Waals surface area contributed by atoms with Gasteiger partial charge in [0.2, 0.25) is 0 Å². The first-order chi connectivity index (χ1) is 15.0. The Labute approximate surface area is 185 Å². The van der Waals surface area contributed by atoms with E-state index < -0.39 is 0 Å². The largest absolute Gasteiger partial charge is 0.316 e. The molecule has 0 saturated carbocycles. The zero-order chi connectivity index (χ0) is 21.8. The van der Waals surface area contributed by atoms with Crippen molar-refractivity contribution in [2.45, 2.75) is 17.6 Å². The van der Waals surface area contributed by atoms with E-state index in [1.54, 1.807) is 40.3 Å². The highest BCUT2D eigenvalue weighted by Crippen LogP contribution is 2.22. The van der Waals surface area contributed by atoms with Crippen molar-refractivity contribution in [1.82, 2.24) is 9.36 Å². The van der Waals surface area contributed by atoms with Gasteiger partial charge >= 0.3 is 0 Å². The number of nitrogens with one attached hydrogen (secondary N) is 1. The van der Waals surface area contributed by atoms with Crippen LogP contribution in [0.5, 0.6) is 0 Å². The fourth-order valence-electron chi connectivity index (χ4n) is 3.33. The van der Waals surface area contributed by atoms with Crippen molar-refractivity contribution in [2.24, 2.45) is 7.05 Å². The molecule has 4 aromatic rings. The fraction of sp³-hybridized carbons (Fsp3) is 0.120. The number of para-hydroxylation sites is 1. The smallest absolute Gasteiger partial charge is 0.295 e. The van der Waals surface area contributed by atoms with Gasteiger partial charge in [0.05, 0.1) is 11.4 Å². The molecule has 156 valence electrons. The molecule has 4 rings (SSSR count). The highest BCUT2D eigenvalue weighted by Gasteiger charge is 2.18. The third-order valence-electron chi connectivity index (χ3n) is 5.16. The SMILES string of the molecule is Cc1c(NC(=O)c2ccc(CSc3ccccc3)cc2)c(=O)n(-c2ccccc2)n1C. The molecular weight excluding hydrogens is 406 g/mol. The Morgan fingerprint density at radius 2 is 1.52 bits per heavy atom. The number of carbonyl (C=O) groups excluding carboxylic acids is 1. The number of hydrogen-bond donors (Lipinski definition) is 1. The molecule has 1 heterocycles. The lowest BCUT2D eigenvalue weighted by Gasteiger charge is -2.07. The molecule has 0 unspecified atom stereocenters. The maximum absolute atomic E-state index is 13.0. The van der Waals surface area contributed by atoms with Crippen LogP contribution in [0.1, 0.15) is 21.6 Å². The molecule has 0 fully saturated rings. The molecule has 6 heteroatoms. The van der Waals surface area contributed by atoms with Gasteiger partial charge < -0.3 is 5.32 Å². The van der Waals surface area contributed by atoms with E-state index in [2.05, 4.69) is 17.4 Å². The average molecular weight is 430 g/mol. The molecule has 5 nitrogen and oxygen atoms in total. The van der Waals surface area contributed by atoms with Crippen LogP contribution in [0.25, 0.3) is 5.69 Å². The molecule has 0 saturated heterocycles. The van der Waals surface area contributed by atoms with E-state index >= 15 is 0 Å². The molecule has 3 aromatic carbocycles. The Hall–Kier alpha value is -3.51. The Bertz CT molecular complexity index is 1240. The van der Waals surface area contributed by atoms with Gasteiger partial charge in [-0.1, -0.05) is 48.5 Å². The number of aromatic nitrogens is 2. The van der Waals surface area contributed by atoms with Crippen molar-refractivity contribution < 1.29 is 4.79 Å². The second-order valence-electron chi connectivity index (χ2n) is 7.19. The van der Waals surface area contributed by atoms with Crippen molar-refractivity contribution in [2.75, 3.05) is 5.32 Å². The molecule has 1 N–H and O–H groups in total. The summed E-state index contributed by atoms with van der Waals surface area (Å²) in [5.74, 6) is 0.527. The lowest BCUT2D eigenvalue weighted by molar-refractivity contribution is 0.102. The molecule has 0 spiro atoms. The standard InChI is InChI=1S/C25H23N3O2S/c1-18-23(25(30)28(27(18)2)21-9-5-3-6-10-21)26-24(29)20-15-13-19(14-16-20)17-31-22-11-7-4-8-12-22/h3-16H,17H2,1-2H3,(H,26,29). The molecular formula is C25H23N3O2S. The fourth-order valence-corrected chi connectivity index (χ4v) is 4.21. The summed E-state index contributed by atoms with van der Waals surface area (Å²) in [6.07, 6.45) is 0. The van der Waals surface area contributed by atoms with Crippen LogP contribution in [0.2, 0.25) is 0 Å². The number of carbonyl (C=O) groups is 1. The molecule has 0 aliphatic heterocycles. The molecule has 0 atom stereocenters. The first kappa shape index (κ1) is 20.8. The summed E-state index contributed by atoms with van der Waals surface area (Å²) in [5, 5.41) is 2.80. The van der Waals surface area contributed by atoms with Crippen LogP contribution in [0.4, 0.5) is 5.69 Å². The van der Waals surface area contributed by atoms with Crippen LogP contribution in [-0.2, 0) is 12.8 Å². The topological polar surface area (TPSA) is 56.0 Å². The highest BCUT2D eigenvalue weighted by molar-refractivity contribution is 7.98. The number of rotatable bonds is 6. The van der Waals surface area contributed by atoms with Gasteiger partial charge in [-0.2, -0.15) is 0 Å². The Morgan fingerprint density at radius 3 is 2.16 bits per heavy atom. The third-order valence-corrected chi connectivity index (χ3v) is 6.24. The summed E-state index contributed by atoms with van der Waals surface area (Å²) in [4.78, 5) is 27.0. The van der Waals surface area contributed by atoms with Crippen LogP contribution in [0.15, 0.2) is 94.6 Å². The lowest BCUT2D eigenvalue weighted by Crippen LogP contribution is -2.22. The van der Waals surface area contributed by atoms with E-state index in [0.29, 0.717) is 16.9 Å². The summed E-state index contributed by atoms with van der Waals surface area (Å²) in [6.45, 7) is 1.82. The molecule has 0 aliphatic rings. The zero-order valence-electron chi connectivity index (χ0n) is 17.4. The summed E-state index contributed by atoms with van der Waals surface area (Å²) in [5.41, 5.74) is 3.13. The monoisotopic (exact) mass is 429 g/mol. The number of benzene rings is 3. The van der Waals surface area contributed by atoms with Crippen LogP contribution in [0, 0.1) is 6.92 Å². The molecule has 1 amide bonds. The summed E-state index contributed by atoms with van der Waals surface area (Å²) >= 11 is 1.75. The van der Waals surface area contributed by atoms with Crippen LogP contribution < -0.4 is 10.9 Å². The summed E-state index contributed by atoms with van der Waals surface area (Å²) in [7, 11) is 1.80. The number of thioether (sulfide) groups is 1. The predicted molar refractivity (Wildman–Crippen MR) is 126 cm³/mol. The Morgan fingerprint density at radius 1 is 0.903 bits per heavy atom. The molecule has 0 bridgehead atoms. The van der Waals surface area contributed by atoms with Gasteiger partial charge in [0.15, 0.2) is 0 Å². The second-order valence-corrected chi connectivity index (χ2v) is 8.24. The van der Waals surface area contributed by atoms with E-state index in [4.69, 9.17) is 0 Å². The van der Waals surface area contributed by atoms with Crippen molar-refractivity contribution in [3.05, 3.63) is 112 Å². The predicted octanol–water partition coefficient (Wildman–Crippen LogP) is 5.03. The van der Waals surface area contributed by atoms with E-state index in [0.717, 1.165) is 17.0 Å². The lowest BCUT2D eigenvalue weighted by atomic mass is 10.1. The Balaban J connectivity index is 1.49. The maximum Gasteiger partial charge on any atom is 0.295 e. The van der Waals surface area contributed by atoms with Crippen molar-refractivity contribution in [1.29, 1.82) is 0 Å². The van der Waals surface area contributed by atoms with Crippen molar-refractivity contribution in [3.8, 4) is 5.69 Å². The van der Waals surface area contributed by atoms with Crippen molar-refractivity contribution >= 4 is 23.4 Å². The van der Waals surface area contributed by atoms with Crippen LogP contribution in [-0.4, -0.2) is 15.3 Å². The first-order valence-electron chi connectivity index (χ1n) is 9.97. The molecule has 0 radical (unpaired) electrons. The van der Waals surface area contributed by atoms with E-state index in [1.807, 2.05) is 67.6 Å².